The van der Waals surface area contributed by atoms with Crippen molar-refractivity contribution in [3.05, 3.63) is 54.4 Å². The van der Waals surface area contributed by atoms with Crippen LogP contribution in [0.3, 0.4) is 0 Å². The van der Waals surface area contributed by atoms with E-state index in [0.29, 0.717) is 6.42 Å². The fourth-order valence-corrected chi connectivity index (χ4v) is 2.43. The molecule has 0 saturated heterocycles. The van der Waals surface area contributed by atoms with Gasteiger partial charge in [-0.25, -0.2) is 4.98 Å². The minimum Gasteiger partial charge on any atom is -0.326 e. The molecular formula is C17H17N3O. The van der Waals surface area contributed by atoms with Crippen LogP contribution in [0.4, 0.5) is 5.69 Å². The molecular weight excluding hydrogens is 262 g/mol. The second-order valence-corrected chi connectivity index (χ2v) is 4.94. The third-order valence-corrected chi connectivity index (χ3v) is 3.44. The summed E-state index contributed by atoms with van der Waals surface area (Å²) in [5.74, 6) is 0.934. The first kappa shape index (κ1) is 13.4. The van der Waals surface area contributed by atoms with Gasteiger partial charge in [-0.2, -0.15) is 0 Å². The molecule has 106 valence electrons. The highest BCUT2D eigenvalue weighted by molar-refractivity contribution is 5.93. The van der Waals surface area contributed by atoms with Crippen molar-refractivity contribution in [2.75, 3.05) is 5.32 Å². The van der Waals surface area contributed by atoms with Crippen molar-refractivity contribution in [1.82, 2.24) is 9.55 Å². The van der Waals surface area contributed by atoms with Gasteiger partial charge < -0.3 is 5.32 Å². The summed E-state index contributed by atoms with van der Waals surface area (Å²) < 4.78 is 2.11. The van der Waals surface area contributed by atoms with Gasteiger partial charge >= 0.3 is 0 Å². The minimum absolute atomic E-state index is 0.00793. The van der Waals surface area contributed by atoms with Crippen molar-refractivity contribution in [3.63, 3.8) is 0 Å². The molecule has 0 aliphatic heterocycles. The molecule has 0 aliphatic carbocycles. The molecule has 1 aromatic heterocycles. The zero-order chi connectivity index (χ0) is 14.8. The number of aromatic nitrogens is 2. The fourth-order valence-electron chi connectivity index (χ4n) is 2.43. The highest BCUT2D eigenvalue weighted by Crippen LogP contribution is 2.24. The number of imidazole rings is 1. The maximum absolute atomic E-state index is 11.5. The molecule has 4 nitrogen and oxygen atoms in total. The van der Waals surface area contributed by atoms with E-state index >= 15 is 0 Å². The van der Waals surface area contributed by atoms with Gasteiger partial charge in [0.05, 0.1) is 11.0 Å². The SMILES string of the molecule is CCC(=O)Nc1ccc2c(c1)nc(C)n2-c1ccccc1. The smallest absolute Gasteiger partial charge is 0.224 e. The highest BCUT2D eigenvalue weighted by Gasteiger charge is 2.10. The summed E-state index contributed by atoms with van der Waals surface area (Å²) in [4.78, 5) is 16.1. The summed E-state index contributed by atoms with van der Waals surface area (Å²) in [5.41, 5.74) is 3.79. The Hall–Kier alpha value is -2.62. The molecule has 3 aromatic rings. The number of hydrogen-bond donors (Lipinski definition) is 1. The second kappa shape index (κ2) is 5.40. The van der Waals surface area contributed by atoms with Gasteiger partial charge in [0.2, 0.25) is 5.91 Å². The number of nitrogens with one attached hydrogen (secondary N) is 1. The Labute approximate surface area is 123 Å². The lowest BCUT2D eigenvalue weighted by atomic mass is 10.2. The normalized spacial score (nSPS) is 10.8. The van der Waals surface area contributed by atoms with Crippen LogP contribution in [0.2, 0.25) is 0 Å². The van der Waals surface area contributed by atoms with Crippen molar-refractivity contribution < 1.29 is 4.79 Å². The summed E-state index contributed by atoms with van der Waals surface area (Å²) in [6.07, 6.45) is 0.468. The Kier molecular flexibility index (Phi) is 3.44. The van der Waals surface area contributed by atoms with E-state index in [9.17, 15) is 4.79 Å². The van der Waals surface area contributed by atoms with E-state index in [1.807, 2.05) is 50.2 Å². The summed E-state index contributed by atoms with van der Waals surface area (Å²) in [7, 11) is 0. The maximum Gasteiger partial charge on any atom is 0.224 e. The molecule has 3 rings (SSSR count). The van der Waals surface area contributed by atoms with Gasteiger partial charge in [0.15, 0.2) is 0 Å². The molecule has 0 atom stereocenters. The van der Waals surface area contributed by atoms with E-state index in [4.69, 9.17) is 0 Å². The van der Waals surface area contributed by atoms with Gasteiger partial charge in [-0.15, -0.1) is 0 Å². The molecule has 0 unspecified atom stereocenters. The molecule has 0 bridgehead atoms. The number of aryl methyl sites for hydroxylation is 1. The maximum atomic E-state index is 11.5. The van der Waals surface area contributed by atoms with Crippen LogP contribution in [-0.2, 0) is 4.79 Å². The Balaban J connectivity index is 2.08. The standard InChI is InChI=1S/C17H17N3O/c1-3-17(21)19-13-9-10-16-15(11-13)18-12(2)20(16)14-7-5-4-6-8-14/h4-11H,3H2,1-2H3,(H,19,21). The Morgan fingerprint density at radius 3 is 2.67 bits per heavy atom. The first-order valence-electron chi connectivity index (χ1n) is 7.03. The largest absolute Gasteiger partial charge is 0.326 e. The molecule has 1 heterocycles. The van der Waals surface area contributed by atoms with E-state index < -0.39 is 0 Å². The van der Waals surface area contributed by atoms with Crippen LogP contribution in [0.1, 0.15) is 19.2 Å². The zero-order valence-corrected chi connectivity index (χ0v) is 12.1. The van der Waals surface area contributed by atoms with Crippen LogP contribution in [0.25, 0.3) is 16.7 Å². The topological polar surface area (TPSA) is 46.9 Å². The third-order valence-electron chi connectivity index (χ3n) is 3.44. The number of para-hydroxylation sites is 1. The van der Waals surface area contributed by atoms with Crippen molar-refractivity contribution >= 4 is 22.6 Å². The van der Waals surface area contributed by atoms with Crippen molar-refractivity contribution in [2.24, 2.45) is 0 Å². The average molecular weight is 279 g/mol. The van der Waals surface area contributed by atoms with E-state index in [2.05, 4.69) is 27.0 Å². The molecule has 0 saturated carbocycles. The number of benzene rings is 2. The quantitative estimate of drug-likeness (QED) is 0.795. The van der Waals surface area contributed by atoms with Crippen LogP contribution in [-0.4, -0.2) is 15.5 Å². The van der Waals surface area contributed by atoms with Crippen molar-refractivity contribution in [2.45, 2.75) is 20.3 Å². The molecule has 0 fully saturated rings. The zero-order valence-electron chi connectivity index (χ0n) is 12.1. The molecule has 1 N–H and O–H groups in total. The Morgan fingerprint density at radius 2 is 1.95 bits per heavy atom. The van der Waals surface area contributed by atoms with E-state index in [1.165, 1.54) is 0 Å². The molecule has 0 spiro atoms. The monoisotopic (exact) mass is 279 g/mol. The summed E-state index contributed by atoms with van der Waals surface area (Å²) >= 11 is 0. The predicted molar refractivity (Wildman–Crippen MR) is 84.7 cm³/mol. The van der Waals surface area contributed by atoms with Crippen LogP contribution in [0.5, 0.6) is 0 Å². The van der Waals surface area contributed by atoms with Crippen LogP contribution in [0, 0.1) is 6.92 Å². The lowest BCUT2D eigenvalue weighted by Gasteiger charge is -2.07. The summed E-state index contributed by atoms with van der Waals surface area (Å²) in [6, 6.07) is 15.9. The Morgan fingerprint density at radius 1 is 1.19 bits per heavy atom. The van der Waals surface area contributed by atoms with Gasteiger partial charge in [-0.05, 0) is 37.3 Å². The molecule has 4 heteroatoms. The second-order valence-electron chi connectivity index (χ2n) is 4.94. The molecule has 0 radical (unpaired) electrons. The van der Waals surface area contributed by atoms with E-state index in [0.717, 1.165) is 28.2 Å². The van der Waals surface area contributed by atoms with Gasteiger partial charge in [0.25, 0.3) is 0 Å². The lowest BCUT2D eigenvalue weighted by molar-refractivity contribution is -0.115. The highest BCUT2D eigenvalue weighted by atomic mass is 16.1. The third kappa shape index (κ3) is 2.52. The molecule has 0 aliphatic rings. The van der Waals surface area contributed by atoms with Gasteiger partial charge in [-0.3, -0.25) is 9.36 Å². The van der Waals surface area contributed by atoms with Crippen molar-refractivity contribution in [3.8, 4) is 5.69 Å². The first-order chi connectivity index (χ1) is 10.2. The van der Waals surface area contributed by atoms with Gasteiger partial charge in [0, 0.05) is 17.8 Å². The van der Waals surface area contributed by atoms with E-state index in [1.54, 1.807) is 0 Å². The van der Waals surface area contributed by atoms with Gasteiger partial charge in [0.1, 0.15) is 5.82 Å². The number of anilines is 1. The number of amides is 1. The number of hydrogen-bond acceptors (Lipinski definition) is 2. The number of carbonyl (C=O) groups excluding carboxylic acids is 1. The molecule has 21 heavy (non-hydrogen) atoms. The number of nitrogens with zero attached hydrogens (tertiary/aromatic N) is 2. The van der Waals surface area contributed by atoms with Crippen molar-refractivity contribution in [1.29, 1.82) is 0 Å². The van der Waals surface area contributed by atoms with E-state index in [-0.39, 0.29) is 5.91 Å². The number of fused-ring (bicyclic) bond motifs is 1. The molecule has 2 aromatic carbocycles. The number of rotatable bonds is 3. The average Bonchev–Trinajstić information content (AvgIpc) is 2.83. The van der Waals surface area contributed by atoms with Crippen LogP contribution < -0.4 is 5.32 Å². The first-order valence-corrected chi connectivity index (χ1v) is 7.03. The lowest BCUT2D eigenvalue weighted by Crippen LogP contribution is -2.09. The summed E-state index contributed by atoms with van der Waals surface area (Å²) in [6.45, 7) is 3.82. The predicted octanol–water partition coefficient (Wildman–Crippen LogP) is 3.68. The minimum atomic E-state index is 0.00793. The van der Waals surface area contributed by atoms with Gasteiger partial charge in [-0.1, -0.05) is 25.1 Å². The fraction of sp³-hybridized carbons (Fsp3) is 0.176. The van der Waals surface area contributed by atoms with Crippen LogP contribution >= 0.6 is 0 Å². The number of carbonyl (C=O) groups is 1. The van der Waals surface area contributed by atoms with Crippen LogP contribution in [0.15, 0.2) is 48.5 Å². The Bertz CT molecular complexity index is 790. The molecule has 1 amide bonds. The summed E-state index contributed by atoms with van der Waals surface area (Å²) in [5, 5.41) is 2.86.